The number of thiophene rings is 1. The zero-order valence-electron chi connectivity index (χ0n) is 33.2. The summed E-state index contributed by atoms with van der Waals surface area (Å²) < 4.78 is 13.5. The lowest BCUT2D eigenvalue weighted by Crippen LogP contribution is -2.34. The van der Waals surface area contributed by atoms with E-state index in [0.717, 1.165) is 26.6 Å². The molecular formula is C48H35ClN6O4S4. The van der Waals surface area contributed by atoms with E-state index in [9.17, 15) is 9.59 Å². The Morgan fingerprint density at radius 1 is 0.651 bits per heavy atom. The topological polar surface area (TPSA) is 119 Å². The molecule has 2 heterocycles. The molecule has 0 fully saturated rings. The lowest BCUT2D eigenvalue weighted by Gasteiger charge is -2.13. The molecule has 0 saturated carbocycles. The lowest BCUT2D eigenvalue weighted by molar-refractivity contribution is 0.0968. The van der Waals surface area contributed by atoms with E-state index in [4.69, 9.17) is 45.5 Å². The summed E-state index contributed by atoms with van der Waals surface area (Å²) in [6, 6.07) is 47.0. The molecule has 8 rings (SSSR count). The summed E-state index contributed by atoms with van der Waals surface area (Å²) in [5.41, 5.74) is 5.13. The second-order valence-electron chi connectivity index (χ2n) is 13.7. The first-order valence-electron chi connectivity index (χ1n) is 19.2. The van der Waals surface area contributed by atoms with Crippen molar-refractivity contribution in [3.8, 4) is 39.8 Å². The fourth-order valence-corrected chi connectivity index (χ4v) is 8.93. The molecule has 312 valence electrons. The Morgan fingerprint density at radius 3 is 1.84 bits per heavy atom. The molecule has 4 N–H and O–H groups in total. The van der Waals surface area contributed by atoms with Gasteiger partial charge in [-0.15, -0.1) is 0 Å². The molecule has 0 aliphatic carbocycles. The van der Waals surface area contributed by atoms with Crippen molar-refractivity contribution >= 4 is 92.5 Å². The van der Waals surface area contributed by atoms with Gasteiger partial charge in [-0.3, -0.25) is 20.2 Å². The predicted molar refractivity (Wildman–Crippen MR) is 260 cm³/mol. The van der Waals surface area contributed by atoms with E-state index in [1.54, 1.807) is 22.2 Å². The third kappa shape index (κ3) is 11.0. The molecule has 10 nitrogen and oxygen atoms in total. The Morgan fingerprint density at radius 2 is 1.22 bits per heavy atom. The maximum absolute atomic E-state index is 13.5. The van der Waals surface area contributed by atoms with E-state index >= 15 is 0 Å². The number of para-hydroxylation sites is 2. The average Bonchev–Trinajstić information content (AvgIpc) is 3.91. The first-order chi connectivity index (χ1) is 30.6. The number of benzene rings is 6. The van der Waals surface area contributed by atoms with Crippen molar-refractivity contribution in [2.45, 2.75) is 16.7 Å². The van der Waals surface area contributed by atoms with E-state index in [2.05, 4.69) is 26.4 Å². The second-order valence-corrected chi connectivity index (χ2v) is 16.8. The van der Waals surface area contributed by atoms with E-state index < -0.39 is 5.91 Å². The van der Waals surface area contributed by atoms with E-state index in [1.165, 1.54) is 29.3 Å². The van der Waals surface area contributed by atoms with Crippen LogP contribution in [0.2, 0.25) is 5.02 Å². The molecule has 0 radical (unpaired) electrons. The highest BCUT2D eigenvalue weighted by atomic mass is 35.5. The quantitative estimate of drug-likeness (QED) is 0.0882. The highest BCUT2D eigenvalue weighted by Gasteiger charge is 2.19. The van der Waals surface area contributed by atoms with Gasteiger partial charge in [-0.1, -0.05) is 84.0 Å². The van der Waals surface area contributed by atoms with Gasteiger partial charge in [-0.25, -0.2) is 4.68 Å². The third-order valence-corrected chi connectivity index (χ3v) is 12.0. The number of carbonyl (C=O) groups excluding carboxylic acids is 2. The van der Waals surface area contributed by atoms with Crippen LogP contribution in [0.25, 0.3) is 16.8 Å². The number of carbonyl (C=O) groups is 2. The van der Waals surface area contributed by atoms with Crippen molar-refractivity contribution in [2.75, 3.05) is 10.6 Å². The van der Waals surface area contributed by atoms with Gasteiger partial charge < -0.3 is 20.1 Å². The first-order valence-corrected chi connectivity index (χ1v) is 22.2. The van der Waals surface area contributed by atoms with E-state index in [-0.39, 0.29) is 16.1 Å². The summed E-state index contributed by atoms with van der Waals surface area (Å²) >= 11 is 20.6. The van der Waals surface area contributed by atoms with Crippen molar-refractivity contribution in [3.63, 3.8) is 0 Å². The van der Waals surface area contributed by atoms with Crippen LogP contribution < -0.4 is 30.7 Å². The summed E-state index contributed by atoms with van der Waals surface area (Å²) in [6.07, 6.45) is 1.51. The van der Waals surface area contributed by atoms with Gasteiger partial charge in [0.05, 0.1) is 28.7 Å². The number of nitrogens with zero attached hydrogens (tertiary/aromatic N) is 2. The molecule has 0 bridgehead atoms. The highest BCUT2D eigenvalue weighted by Crippen LogP contribution is 2.38. The number of ether oxygens (including phenoxy) is 2. The van der Waals surface area contributed by atoms with Crippen molar-refractivity contribution in [2.24, 2.45) is 0 Å². The monoisotopic (exact) mass is 922 g/mol. The number of hydrogen-bond donors (Lipinski definition) is 4. The molecule has 0 unspecified atom stereocenters. The minimum absolute atomic E-state index is 0.126. The molecule has 0 atom stereocenters. The van der Waals surface area contributed by atoms with Crippen LogP contribution in [-0.4, -0.2) is 31.8 Å². The summed E-state index contributed by atoms with van der Waals surface area (Å²) in [7, 11) is 0. The van der Waals surface area contributed by atoms with Crippen LogP contribution in [0.4, 0.5) is 11.4 Å². The Balaban J connectivity index is 0.902. The Labute approximate surface area is 387 Å². The van der Waals surface area contributed by atoms with E-state index in [1.807, 2.05) is 152 Å². The van der Waals surface area contributed by atoms with Crippen molar-refractivity contribution in [1.29, 1.82) is 0 Å². The van der Waals surface area contributed by atoms with Gasteiger partial charge in [0.15, 0.2) is 10.2 Å². The number of thiocarbonyl (C=S) groups is 2. The molecule has 15 heteroatoms. The van der Waals surface area contributed by atoms with Gasteiger partial charge in [0.2, 0.25) is 0 Å². The van der Waals surface area contributed by atoms with Crippen molar-refractivity contribution < 1.29 is 19.1 Å². The van der Waals surface area contributed by atoms with Crippen LogP contribution in [-0.2, 0) is 0 Å². The first kappa shape index (κ1) is 42.9. The molecule has 0 saturated heterocycles. The number of nitrogens with one attached hydrogen (secondary N) is 4. The fourth-order valence-electron chi connectivity index (χ4n) is 6.33. The zero-order chi connectivity index (χ0) is 43.7. The summed E-state index contributed by atoms with van der Waals surface area (Å²) in [4.78, 5) is 28.5. The Bertz CT molecular complexity index is 2960. The van der Waals surface area contributed by atoms with Crippen molar-refractivity contribution in [1.82, 2.24) is 20.4 Å². The predicted octanol–water partition coefficient (Wildman–Crippen LogP) is 12.6. The maximum Gasteiger partial charge on any atom is 0.260 e. The Hall–Kier alpha value is -6.81. The molecule has 63 heavy (non-hydrogen) atoms. The number of rotatable bonds is 12. The fraction of sp³-hybridized carbons (Fsp3) is 0.0208. The van der Waals surface area contributed by atoms with Crippen LogP contribution in [0.3, 0.4) is 0 Å². The number of hydrogen-bond acceptors (Lipinski definition) is 9. The van der Waals surface area contributed by atoms with Gasteiger partial charge in [-0.2, -0.15) is 16.4 Å². The third-order valence-electron chi connectivity index (χ3n) is 9.29. The Kier molecular flexibility index (Phi) is 13.6. The number of halogens is 1. The average molecular weight is 924 g/mol. The van der Waals surface area contributed by atoms with E-state index in [0.29, 0.717) is 56.2 Å². The van der Waals surface area contributed by atoms with Crippen LogP contribution >= 0.6 is 59.1 Å². The number of aromatic nitrogens is 2. The highest BCUT2D eigenvalue weighted by molar-refractivity contribution is 7.99. The van der Waals surface area contributed by atoms with Crippen LogP contribution in [0.5, 0.6) is 23.0 Å². The van der Waals surface area contributed by atoms with Gasteiger partial charge >= 0.3 is 0 Å². The molecule has 0 aliphatic rings. The SMILES string of the molecule is Cc1c(C(=O)NC(=S)Nc2cccc(Oc3ccccc3)c2)cnn1-c1cccc(-c2cc(Sc3cscc3C(=O)NC(=S)Nc3cccc(Oc4ccccc4)c3)ccc2Cl)c1. The molecule has 2 amide bonds. The van der Waals surface area contributed by atoms with Gasteiger partial charge in [0.1, 0.15) is 23.0 Å². The van der Waals surface area contributed by atoms with Crippen LogP contribution in [0, 0.1) is 6.92 Å². The molecule has 6 aromatic carbocycles. The number of anilines is 2. The van der Waals surface area contributed by atoms with Crippen LogP contribution in [0.15, 0.2) is 178 Å². The lowest BCUT2D eigenvalue weighted by atomic mass is 10.0. The molecule has 2 aromatic heterocycles. The second kappa shape index (κ2) is 19.9. The smallest absolute Gasteiger partial charge is 0.260 e. The van der Waals surface area contributed by atoms with Crippen LogP contribution in [0.1, 0.15) is 26.4 Å². The minimum Gasteiger partial charge on any atom is -0.457 e. The minimum atomic E-state index is -0.407. The van der Waals surface area contributed by atoms with Gasteiger partial charge in [0.25, 0.3) is 11.8 Å². The largest absolute Gasteiger partial charge is 0.457 e. The number of amides is 2. The molecular weight excluding hydrogens is 888 g/mol. The standard InChI is InChI=1S/C48H35ClN6O4S4/c1-30-41(45(56)53-47(60)51-32-12-9-19-37(24-32)58-35-15-4-2-5-16-35)27-50-55(30)34-14-8-11-31(23-34)40-26-39(21-22-43(40)49)63-44-29-62-28-42(44)46(57)54-48(61)52-33-13-10-20-38(25-33)59-36-17-6-3-7-18-36/h2-29H,1H3,(H2,51,53,56,60)(H2,52,54,57,61). The van der Waals surface area contributed by atoms with Gasteiger partial charge in [0, 0.05) is 54.6 Å². The summed E-state index contributed by atoms with van der Waals surface area (Å²) in [5.74, 6) is 1.91. The molecule has 0 aliphatic heterocycles. The molecule has 8 aromatic rings. The summed E-state index contributed by atoms with van der Waals surface area (Å²) in [5, 5.41) is 20.8. The maximum atomic E-state index is 13.5. The zero-order valence-corrected chi connectivity index (χ0v) is 37.2. The normalized spacial score (nSPS) is 10.7. The van der Waals surface area contributed by atoms with Crippen molar-refractivity contribution in [3.05, 3.63) is 190 Å². The summed E-state index contributed by atoms with van der Waals surface area (Å²) in [6.45, 7) is 1.82. The molecule has 0 spiro atoms. The van der Waals surface area contributed by atoms with Gasteiger partial charge in [-0.05, 0) is 116 Å².